The molecule has 4 heteroatoms. The summed E-state index contributed by atoms with van der Waals surface area (Å²) in [6, 6.07) is 12.0. The third kappa shape index (κ3) is 1.59. The van der Waals surface area contributed by atoms with E-state index in [0.717, 1.165) is 22.3 Å². The van der Waals surface area contributed by atoms with Gasteiger partial charge >= 0.3 is 0 Å². The molecule has 17 heavy (non-hydrogen) atoms. The molecule has 0 unspecified atom stereocenters. The zero-order chi connectivity index (χ0) is 11.7. The van der Waals surface area contributed by atoms with Crippen molar-refractivity contribution in [3.8, 4) is 5.69 Å². The maximum absolute atomic E-state index is 5.70. The summed E-state index contributed by atoms with van der Waals surface area (Å²) in [5.74, 6) is 0. The predicted octanol–water partition coefficient (Wildman–Crippen LogP) is 1.88. The fourth-order valence-electron chi connectivity index (χ4n) is 1.94. The molecule has 0 saturated heterocycles. The number of fused-ring (bicyclic) bond motifs is 1. The normalized spacial score (nSPS) is 10.9. The Hall–Kier alpha value is -2.20. The van der Waals surface area contributed by atoms with Crippen LogP contribution in [-0.4, -0.2) is 14.8 Å². The van der Waals surface area contributed by atoms with Gasteiger partial charge < -0.3 is 5.73 Å². The van der Waals surface area contributed by atoms with E-state index in [2.05, 4.69) is 10.1 Å². The van der Waals surface area contributed by atoms with Gasteiger partial charge in [0.15, 0.2) is 0 Å². The van der Waals surface area contributed by atoms with Gasteiger partial charge in [-0.25, -0.2) is 4.68 Å². The Labute approximate surface area is 98.7 Å². The van der Waals surface area contributed by atoms with Crippen molar-refractivity contribution in [2.24, 2.45) is 5.73 Å². The molecule has 1 aromatic carbocycles. The number of nitrogens with two attached hydrogens (primary N) is 1. The predicted molar refractivity (Wildman–Crippen MR) is 66.8 cm³/mol. The summed E-state index contributed by atoms with van der Waals surface area (Å²) in [5.41, 5.74) is 8.64. The number of nitrogens with zero attached hydrogens (tertiary/aromatic N) is 3. The number of pyridine rings is 1. The average Bonchev–Trinajstić information content (AvgIpc) is 2.78. The lowest BCUT2D eigenvalue weighted by Gasteiger charge is -2.01. The molecule has 2 heterocycles. The van der Waals surface area contributed by atoms with Gasteiger partial charge in [-0.15, -0.1) is 0 Å². The Morgan fingerprint density at radius 1 is 1.12 bits per heavy atom. The Bertz CT molecular complexity index is 643. The Morgan fingerprint density at radius 2 is 1.94 bits per heavy atom. The first kappa shape index (κ1) is 9.99. The lowest BCUT2D eigenvalue weighted by molar-refractivity contribution is 0.853. The van der Waals surface area contributed by atoms with Crippen molar-refractivity contribution < 1.29 is 0 Å². The third-order valence-electron chi connectivity index (χ3n) is 2.75. The van der Waals surface area contributed by atoms with Gasteiger partial charge in [0, 0.05) is 24.3 Å². The van der Waals surface area contributed by atoms with E-state index >= 15 is 0 Å². The van der Waals surface area contributed by atoms with Gasteiger partial charge in [-0.2, -0.15) is 5.10 Å². The molecule has 0 aliphatic carbocycles. The van der Waals surface area contributed by atoms with Crippen LogP contribution in [-0.2, 0) is 6.54 Å². The highest BCUT2D eigenvalue weighted by Crippen LogP contribution is 2.20. The lowest BCUT2D eigenvalue weighted by atomic mass is 10.2. The standard InChI is InChI=1S/C13H12N4/c14-8-12-11-9-15-7-6-13(11)17(16-12)10-4-2-1-3-5-10/h1-7,9H,8,14H2. The topological polar surface area (TPSA) is 56.7 Å². The van der Waals surface area contributed by atoms with E-state index in [4.69, 9.17) is 5.73 Å². The van der Waals surface area contributed by atoms with Crippen molar-refractivity contribution in [3.05, 3.63) is 54.5 Å². The highest BCUT2D eigenvalue weighted by Gasteiger charge is 2.09. The van der Waals surface area contributed by atoms with Crippen LogP contribution < -0.4 is 5.73 Å². The molecule has 0 aliphatic heterocycles. The number of rotatable bonds is 2. The molecule has 0 radical (unpaired) electrons. The minimum atomic E-state index is 0.419. The van der Waals surface area contributed by atoms with Gasteiger partial charge in [-0.1, -0.05) is 18.2 Å². The second kappa shape index (κ2) is 3.99. The molecular weight excluding hydrogens is 212 g/mol. The monoisotopic (exact) mass is 224 g/mol. The first-order valence-corrected chi connectivity index (χ1v) is 5.47. The maximum Gasteiger partial charge on any atom is 0.0858 e. The van der Waals surface area contributed by atoms with Crippen molar-refractivity contribution in [1.82, 2.24) is 14.8 Å². The van der Waals surface area contributed by atoms with Crippen LogP contribution >= 0.6 is 0 Å². The SMILES string of the molecule is NCc1nn(-c2ccccc2)c2ccncc12. The molecule has 2 N–H and O–H groups in total. The molecule has 0 saturated carbocycles. The second-order valence-corrected chi connectivity index (χ2v) is 3.79. The van der Waals surface area contributed by atoms with Crippen molar-refractivity contribution in [2.75, 3.05) is 0 Å². The molecule has 0 spiro atoms. The highest BCUT2D eigenvalue weighted by atomic mass is 15.3. The Kier molecular flexibility index (Phi) is 2.34. The van der Waals surface area contributed by atoms with Gasteiger partial charge in [-0.05, 0) is 18.2 Å². The van der Waals surface area contributed by atoms with E-state index in [1.165, 1.54) is 0 Å². The zero-order valence-corrected chi connectivity index (χ0v) is 9.24. The summed E-state index contributed by atoms with van der Waals surface area (Å²) in [5, 5.41) is 5.54. The first-order valence-electron chi connectivity index (χ1n) is 5.47. The summed E-state index contributed by atoms with van der Waals surface area (Å²) in [7, 11) is 0. The summed E-state index contributed by atoms with van der Waals surface area (Å²) in [6.45, 7) is 0.419. The molecule has 3 aromatic rings. The number of aromatic nitrogens is 3. The Morgan fingerprint density at radius 3 is 2.71 bits per heavy atom. The van der Waals surface area contributed by atoms with Gasteiger partial charge in [0.1, 0.15) is 0 Å². The van der Waals surface area contributed by atoms with E-state index in [-0.39, 0.29) is 0 Å². The molecule has 0 amide bonds. The summed E-state index contributed by atoms with van der Waals surface area (Å²) in [4.78, 5) is 4.12. The smallest absolute Gasteiger partial charge is 0.0858 e. The van der Waals surface area contributed by atoms with Crippen LogP contribution in [0.15, 0.2) is 48.8 Å². The van der Waals surface area contributed by atoms with E-state index in [1.54, 1.807) is 6.20 Å². The van der Waals surface area contributed by atoms with Crippen LogP contribution in [0.5, 0.6) is 0 Å². The molecule has 84 valence electrons. The number of hydrogen-bond acceptors (Lipinski definition) is 3. The van der Waals surface area contributed by atoms with E-state index in [1.807, 2.05) is 47.3 Å². The maximum atomic E-state index is 5.70. The Balaban J connectivity index is 2.31. The fraction of sp³-hybridized carbons (Fsp3) is 0.0769. The average molecular weight is 224 g/mol. The summed E-state index contributed by atoms with van der Waals surface area (Å²) in [6.07, 6.45) is 3.58. The number of para-hydroxylation sites is 1. The highest BCUT2D eigenvalue weighted by molar-refractivity contribution is 5.82. The largest absolute Gasteiger partial charge is 0.325 e. The molecule has 3 rings (SSSR count). The van der Waals surface area contributed by atoms with Crippen LogP contribution in [0.1, 0.15) is 5.69 Å². The summed E-state index contributed by atoms with van der Waals surface area (Å²) >= 11 is 0. The lowest BCUT2D eigenvalue weighted by Crippen LogP contribution is -2.00. The van der Waals surface area contributed by atoms with E-state index < -0.39 is 0 Å². The van der Waals surface area contributed by atoms with Crippen molar-refractivity contribution in [1.29, 1.82) is 0 Å². The van der Waals surface area contributed by atoms with Gasteiger partial charge in [0.2, 0.25) is 0 Å². The molecule has 0 aliphatic rings. The molecule has 0 bridgehead atoms. The quantitative estimate of drug-likeness (QED) is 0.723. The van der Waals surface area contributed by atoms with Crippen LogP contribution in [0.25, 0.3) is 16.6 Å². The molecule has 2 aromatic heterocycles. The van der Waals surface area contributed by atoms with E-state index in [0.29, 0.717) is 6.54 Å². The van der Waals surface area contributed by atoms with Crippen LogP contribution in [0.3, 0.4) is 0 Å². The van der Waals surface area contributed by atoms with E-state index in [9.17, 15) is 0 Å². The third-order valence-corrected chi connectivity index (χ3v) is 2.75. The zero-order valence-electron chi connectivity index (χ0n) is 9.24. The first-order chi connectivity index (χ1) is 8.40. The molecular formula is C13H12N4. The van der Waals surface area contributed by atoms with Crippen molar-refractivity contribution >= 4 is 10.9 Å². The second-order valence-electron chi connectivity index (χ2n) is 3.79. The molecule has 0 atom stereocenters. The molecule has 0 fully saturated rings. The van der Waals surface area contributed by atoms with Gasteiger partial charge in [-0.3, -0.25) is 4.98 Å². The summed E-state index contributed by atoms with van der Waals surface area (Å²) < 4.78 is 1.90. The van der Waals surface area contributed by atoms with Crippen LogP contribution in [0, 0.1) is 0 Å². The molecule has 4 nitrogen and oxygen atoms in total. The minimum absolute atomic E-state index is 0.419. The van der Waals surface area contributed by atoms with Crippen LogP contribution in [0.4, 0.5) is 0 Å². The van der Waals surface area contributed by atoms with Gasteiger partial charge in [0.25, 0.3) is 0 Å². The number of benzene rings is 1. The fourth-order valence-corrected chi connectivity index (χ4v) is 1.94. The van der Waals surface area contributed by atoms with Crippen LogP contribution in [0.2, 0.25) is 0 Å². The minimum Gasteiger partial charge on any atom is -0.325 e. The van der Waals surface area contributed by atoms with Gasteiger partial charge in [0.05, 0.1) is 16.9 Å². The van der Waals surface area contributed by atoms with Crippen molar-refractivity contribution in [2.45, 2.75) is 6.54 Å². The number of hydrogen-bond donors (Lipinski definition) is 1. The van der Waals surface area contributed by atoms with Crippen molar-refractivity contribution in [3.63, 3.8) is 0 Å².